The van der Waals surface area contributed by atoms with E-state index in [9.17, 15) is 14.0 Å². The van der Waals surface area contributed by atoms with Gasteiger partial charge in [-0.15, -0.1) is 0 Å². The maximum atomic E-state index is 13.6. The molecule has 3 aromatic carbocycles. The van der Waals surface area contributed by atoms with Gasteiger partial charge in [0.25, 0.3) is 0 Å². The van der Waals surface area contributed by atoms with Crippen molar-refractivity contribution < 1.29 is 14.0 Å². The molecule has 2 amide bonds. The van der Waals surface area contributed by atoms with Gasteiger partial charge in [0.15, 0.2) is 0 Å². The molecule has 0 aliphatic heterocycles. The molecule has 1 unspecified atom stereocenters. The lowest BCUT2D eigenvalue weighted by molar-refractivity contribution is -0.141. The first-order valence-corrected chi connectivity index (χ1v) is 11.8. The van der Waals surface area contributed by atoms with Crippen LogP contribution in [0.2, 0.25) is 5.02 Å². The predicted octanol–water partition coefficient (Wildman–Crippen LogP) is 5.95. The SMILES string of the molecule is CC(C)CCNC(=O)C(c1ccccc1)N(Cc1ccc(F)cc1)C(=O)Cc1ccc(Cl)cc1. The van der Waals surface area contributed by atoms with Gasteiger partial charge in [-0.25, -0.2) is 4.39 Å². The largest absolute Gasteiger partial charge is 0.354 e. The molecule has 0 fully saturated rings. The number of rotatable bonds is 10. The summed E-state index contributed by atoms with van der Waals surface area (Å²) in [5, 5.41) is 3.59. The van der Waals surface area contributed by atoms with E-state index >= 15 is 0 Å². The Morgan fingerprint density at radius 2 is 1.53 bits per heavy atom. The van der Waals surface area contributed by atoms with Crippen molar-refractivity contribution >= 4 is 23.4 Å². The topological polar surface area (TPSA) is 49.4 Å². The molecule has 0 radical (unpaired) electrons. The number of nitrogens with one attached hydrogen (secondary N) is 1. The molecule has 3 aromatic rings. The number of hydrogen-bond donors (Lipinski definition) is 1. The number of amides is 2. The van der Waals surface area contributed by atoms with Crippen LogP contribution in [-0.4, -0.2) is 23.3 Å². The molecule has 0 heterocycles. The van der Waals surface area contributed by atoms with Gasteiger partial charge in [0.05, 0.1) is 6.42 Å². The van der Waals surface area contributed by atoms with E-state index in [-0.39, 0.29) is 30.6 Å². The maximum Gasteiger partial charge on any atom is 0.247 e. The van der Waals surface area contributed by atoms with Gasteiger partial charge in [0, 0.05) is 18.1 Å². The van der Waals surface area contributed by atoms with E-state index in [1.165, 1.54) is 12.1 Å². The third-order valence-electron chi connectivity index (χ3n) is 5.55. The lowest BCUT2D eigenvalue weighted by atomic mass is 10.0. The van der Waals surface area contributed by atoms with Gasteiger partial charge in [-0.3, -0.25) is 9.59 Å². The zero-order valence-electron chi connectivity index (χ0n) is 19.5. The standard InChI is InChI=1S/C28H30ClFN2O2/c1-20(2)16-17-31-28(34)27(23-6-4-3-5-7-23)32(19-22-10-14-25(30)15-11-22)26(33)18-21-8-12-24(29)13-9-21/h3-15,20,27H,16-19H2,1-2H3,(H,31,34). The normalized spacial score (nSPS) is 11.8. The average Bonchev–Trinajstić information content (AvgIpc) is 2.82. The Hall–Kier alpha value is -3.18. The van der Waals surface area contributed by atoms with E-state index in [0.717, 1.165) is 23.1 Å². The van der Waals surface area contributed by atoms with Gasteiger partial charge in [0.2, 0.25) is 11.8 Å². The Kier molecular flexibility index (Phi) is 9.23. The third kappa shape index (κ3) is 7.42. The predicted molar refractivity (Wildman–Crippen MR) is 134 cm³/mol. The highest BCUT2D eigenvalue weighted by atomic mass is 35.5. The molecule has 0 aliphatic rings. The number of nitrogens with zero attached hydrogens (tertiary/aromatic N) is 1. The summed E-state index contributed by atoms with van der Waals surface area (Å²) in [6.45, 7) is 4.88. The summed E-state index contributed by atoms with van der Waals surface area (Å²) in [6.07, 6.45) is 0.949. The first kappa shape index (κ1) is 25.4. The van der Waals surface area contributed by atoms with E-state index in [1.54, 1.807) is 41.3 Å². The third-order valence-corrected chi connectivity index (χ3v) is 5.80. The molecule has 1 N–H and O–H groups in total. The molecule has 0 bridgehead atoms. The van der Waals surface area contributed by atoms with Gasteiger partial charge in [-0.1, -0.05) is 80.0 Å². The van der Waals surface area contributed by atoms with Crippen LogP contribution in [0, 0.1) is 11.7 Å². The van der Waals surface area contributed by atoms with Crippen molar-refractivity contribution in [2.45, 2.75) is 39.3 Å². The van der Waals surface area contributed by atoms with Gasteiger partial charge in [0.1, 0.15) is 11.9 Å². The van der Waals surface area contributed by atoms with Crippen LogP contribution in [-0.2, 0) is 22.6 Å². The summed E-state index contributed by atoms with van der Waals surface area (Å²) in [4.78, 5) is 28.6. The second-order valence-corrected chi connectivity index (χ2v) is 9.17. The fourth-order valence-corrected chi connectivity index (χ4v) is 3.80. The molecule has 1 atom stereocenters. The van der Waals surface area contributed by atoms with E-state index in [2.05, 4.69) is 19.2 Å². The lowest BCUT2D eigenvalue weighted by Crippen LogP contribution is -2.44. The van der Waals surface area contributed by atoms with Crippen LogP contribution in [0.1, 0.15) is 43.0 Å². The summed E-state index contributed by atoms with van der Waals surface area (Å²) < 4.78 is 13.5. The highest BCUT2D eigenvalue weighted by Gasteiger charge is 2.31. The molecule has 0 spiro atoms. The summed E-state index contributed by atoms with van der Waals surface area (Å²) in [5.41, 5.74) is 2.25. The zero-order valence-corrected chi connectivity index (χ0v) is 20.3. The second kappa shape index (κ2) is 12.3. The monoisotopic (exact) mass is 480 g/mol. The Bertz CT molecular complexity index is 1070. The average molecular weight is 481 g/mol. The van der Waals surface area contributed by atoms with E-state index in [1.807, 2.05) is 30.3 Å². The Morgan fingerprint density at radius 3 is 2.15 bits per heavy atom. The Balaban J connectivity index is 1.95. The molecule has 178 valence electrons. The number of halogens is 2. The van der Waals surface area contributed by atoms with E-state index in [4.69, 9.17) is 11.6 Å². The minimum atomic E-state index is -0.821. The second-order valence-electron chi connectivity index (χ2n) is 8.74. The quantitative estimate of drug-likeness (QED) is 0.389. The van der Waals surface area contributed by atoms with Crippen molar-refractivity contribution in [3.05, 3.63) is 106 Å². The minimum Gasteiger partial charge on any atom is -0.354 e. The number of hydrogen-bond acceptors (Lipinski definition) is 2. The van der Waals surface area contributed by atoms with Crippen molar-refractivity contribution in [1.82, 2.24) is 10.2 Å². The van der Waals surface area contributed by atoms with Crippen LogP contribution < -0.4 is 5.32 Å². The molecule has 0 aromatic heterocycles. The zero-order chi connectivity index (χ0) is 24.5. The van der Waals surface area contributed by atoms with Gasteiger partial charge in [-0.2, -0.15) is 0 Å². The summed E-state index contributed by atoms with van der Waals surface area (Å²) >= 11 is 5.99. The summed E-state index contributed by atoms with van der Waals surface area (Å²) in [6, 6.07) is 21.5. The first-order chi connectivity index (χ1) is 16.3. The fourth-order valence-electron chi connectivity index (χ4n) is 3.68. The van der Waals surface area contributed by atoms with Crippen molar-refractivity contribution in [3.63, 3.8) is 0 Å². The molecule has 34 heavy (non-hydrogen) atoms. The number of carbonyl (C=O) groups excluding carboxylic acids is 2. The lowest BCUT2D eigenvalue weighted by Gasteiger charge is -2.32. The minimum absolute atomic E-state index is 0.112. The van der Waals surface area contributed by atoms with Gasteiger partial charge >= 0.3 is 0 Å². The van der Waals surface area contributed by atoms with E-state index in [0.29, 0.717) is 17.5 Å². The van der Waals surface area contributed by atoms with Gasteiger partial charge < -0.3 is 10.2 Å². The van der Waals surface area contributed by atoms with Crippen LogP contribution in [0.4, 0.5) is 4.39 Å². The van der Waals surface area contributed by atoms with Crippen LogP contribution in [0.3, 0.4) is 0 Å². The van der Waals surface area contributed by atoms with Crippen molar-refractivity contribution in [3.8, 4) is 0 Å². The van der Waals surface area contributed by atoms with Crippen LogP contribution in [0.15, 0.2) is 78.9 Å². The van der Waals surface area contributed by atoms with Crippen molar-refractivity contribution in [1.29, 1.82) is 0 Å². The van der Waals surface area contributed by atoms with Crippen LogP contribution in [0.25, 0.3) is 0 Å². The molecule has 6 heteroatoms. The van der Waals surface area contributed by atoms with Crippen molar-refractivity contribution in [2.24, 2.45) is 5.92 Å². The van der Waals surface area contributed by atoms with Gasteiger partial charge in [-0.05, 0) is 53.3 Å². The molecular formula is C28H30ClFN2O2. The summed E-state index contributed by atoms with van der Waals surface area (Å²) in [7, 11) is 0. The molecule has 3 rings (SSSR count). The van der Waals surface area contributed by atoms with Crippen molar-refractivity contribution in [2.75, 3.05) is 6.54 Å². The molecule has 0 saturated carbocycles. The Morgan fingerprint density at radius 1 is 0.912 bits per heavy atom. The number of benzene rings is 3. The fraction of sp³-hybridized carbons (Fsp3) is 0.286. The summed E-state index contributed by atoms with van der Waals surface area (Å²) in [5.74, 6) is -0.357. The Labute approximate surface area is 205 Å². The molecular weight excluding hydrogens is 451 g/mol. The highest BCUT2D eigenvalue weighted by Crippen LogP contribution is 2.25. The van der Waals surface area contributed by atoms with Crippen LogP contribution >= 0.6 is 11.6 Å². The number of carbonyl (C=O) groups is 2. The molecule has 0 aliphatic carbocycles. The highest BCUT2D eigenvalue weighted by molar-refractivity contribution is 6.30. The molecule has 0 saturated heterocycles. The smallest absolute Gasteiger partial charge is 0.247 e. The first-order valence-electron chi connectivity index (χ1n) is 11.4. The molecule has 4 nitrogen and oxygen atoms in total. The van der Waals surface area contributed by atoms with Crippen LogP contribution in [0.5, 0.6) is 0 Å². The van der Waals surface area contributed by atoms with E-state index < -0.39 is 6.04 Å². The maximum absolute atomic E-state index is 13.6.